The molecule has 172 valence electrons. The molecule has 0 aromatic heterocycles. The van der Waals surface area contributed by atoms with Crippen LogP contribution in [0.3, 0.4) is 0 Å². The molecule has 1 saturated heterocycles. The van der Waals surface area contributed by atoms with Crippen LogP contribution in [0.15, 0.2) is 36.4 Å². The topological polar surface area (TPSA) is 63.3 Å². The van der Waals surface area contributed by atoms with Gasteiger partial charge in [0, 0.05) is 50.5 Å². The first-order valence-electron chi connectivity index (χ1n) is 11.3. The highest BCUT2D eigenvalue weighted by atomic mass is 16.5. The van der Waals surface area contributed by atoms with Gasteiger partial charge in [0.25, 0.3) is 5.91 Å². The van der Waals surface area contributed by atoms with Crippen molar-refractivity contribution in [1.29, 1.82) is 0 Å². The average molecular weight is 440 g/mol. The van der Waals surface area contributed by atoms with E-state index in [4.69, 9.17) is 14.2 Å². The first-order chi connectivity index (χ1) is 15.6. The van der Waals surface area contributed by atoms with Crippen molar-refractivity contribution in [2.45, 2.75) is 18.9 Å². The third-order valence-electron chi connectivity index (χ3n) is 6.40. The quantitative estimate of drug-likeness (QED) is 0.716. The second kappa shape index (κ2) is 10.2. The molecule has 0 aliphatic carbocycles. The van der Waals surface area contributed by atoms with Crippen LogP contribution in [0.25, 0.3) is 0 Å². The van der Waals surface area contributed by atoms with E-state index in [9.17, 15) is 4.79 Å². The molecule has 2 aromatic rings. The van der Waals surface area contributed by atoms with Crippen LogP contribution in [0.2, 0.25) is 0 Å². The number of rotatable bonds is 7. The van der Waals surface area contributed by atoms with Crippen molar-refractivity contribution in [3.8, 4) is 11.5 Å². The summed E-state index contributed by atoms with van der Waals surface area (Å²) in [6.45, 7) is 4.75. The highest BCUT2D eigenvalue weighted by Crippen LogP contribution is 2.31. The zero-order valence-corrected chi connectivity index (χ0v) is 19.2. The number of fused-ring (bicyclic) bond motifs is 1. The third kappa shape index (κ3) is 5.00. The second-order valence-electron chi connectivity index (χ2n) is 8.39. The maximum Gasteiger partial charge on any atom is 0.251 e. The Balaban J connectivity index is 1.55. The number of hydrogen-bond acceptors (Lipinski definition) is 6. The van der Waals surface area contributed by atoms with E-state index in [0.29, 0.717) is 36.8 Å². The molecule has 0 unspecified atom stereocenters. The fraction of sp³-hybridized carbons (Fsp3) is 0.480. The van der Waals surface area contributed by atoms with E-state index < -0.39 is 0 Å². The van der Waals surface area contributed by atoms with Gasteiger partial charge in [-0.25, -0.2) is 0 Å². The predicted octanol–water partition coefficient (Wildman–Crippen LogP) is 2.89. The van der Waals surface area contributed by atoms with E-state index in [1.165, 1.54) is 23.2 Å². The number of carbonyl (C=O) groups is 1. The van der Waals surface area contributed by atoms with Crippen molar-refractivity contribution in [1.82, 2.24) is 10.2 Å². The SMILES string of the molecule is COc1cc(OC)cc(C(=O)NC[C@@H](c2ccc3c(c2)CCCN3C)N2CCOCC2)c1. The normalized spacial score (nSPS) is 17.4. The van der Waals surface area contributed by atoms with Gasteiger partial charge < -0.3 is 24.4 Å². The van der Waals surface area contributed by atoms with Crippen molar-refractivity contribution in [2.24, 2.45) is 0 Å². The summed E-state index contributed by atoms with van der Waals surface area (Å²) < 4.78 is 16.2. The number of nitrogens with one attached hydrogen (secondary N) is 1. The minimum Gasteiger partial charge on any atom is -0.497 e. The lowest BCUT2D eigenvalue weighted by atomic mass is 9.95. The van der Waals surface area contributed by atoms with Crippen LogP contribution >= 0.6 is 0 Å². The van der Waals surface area contributed by atoms with Gasteiger partial charge in [0.1, 0.15) is 11.5 Å². The molecule has 0 radical (unpaired) electrons. The number of carbonyl (C=O) groups excluding carboxylic acids is 1. The molecule has 0 bridgehead atoms. The van der Waals surface area contributed by atoms with Gasteiger partial charge in [-0.05, 0) is 42.2 Å². The molecule has 7 heteroatoms. The van der Waals surface area contributed by atoms with Crippen LogP contribution in [0.1, 0.15) is 33.9 Å². The van der Waals surface area contributed by atoms with Gasteiger partial charge in [0.2, 0.25) is 0 Å². The molecule has 0 spiro atoms. The molecule has 2 aromatic carbocycles. The molecule has 2 heterocycles. The summed E-state index contributed by atoms with van der Waals surface area (Å²) in [5.74, 6) is 1.05. The largest absolute Gasteiger partial charge is 0.497 e. The molecule has 1 atom stereocenters. The van der Waals surface area contributed by atoms with E-state index in [1.54, 1.807) is 32.4 Å². The number of methoxy groups -OCH3 is 2. The maximum atomic E-state index is 13.0. The van der Waals surface area contributed by atoms with E-state index in [2.05, 4.69) is 40.4 Å². The van der Waals surface area contributed by atoms with Crippen LogP contribution < -0.4 is 19.7 Å². The lowest BCUT2D eigenvalue weighted by Crippen LogP contribution is -2.44. The van der Waals surface area contributed by atoms with Crippen molar-refractivity contribution < 1.29 is 19.0 Å². The number of amides is 1. The molecular weight excluding hydrogens is 406 g/mol. The Bertz CT molecular complexity index is 921. The Kier molecular flexibility index (Phi) is 7.17. The van der Waals surface area contributed by atoms with Crippen molar-refractivity contribution in [3.05, 3.63) is 53.1 Å². The fourth-order valence-corrected chi connectivity index (χ4v) is 4.59. The lowest BCUT2D eigenvalue weighted by molar-refractivity contribution is 0.0162. The van der Waals surface area contributed by atoms with Gasteiger partial charge >= 0.3 is 0 Å². The smallest absolute Gasteiger partial charge is 0.251 e. The summed E-state index contributed by atoms with van der Waals surface area (Å²) in [6.07, 6.45) is 2.27. The van der Waals surface area contributed by atoms with Crippen molar-refractivity contribution in [2.75, 3.05) is 65.6 Å². The number of anilines is 1. The first kappa shape index (κ1) is 22.4. The van der Waals surface area contributed by atoms with Gasteiger partial charge in [0.05, 0.1) is 33.5 Å². The Hall–Kier alpha value is -2.77. The first-order valence-corrected chi connectivity index (χ1v) is 11.3. The molecule has 2 aliphatic rings. The van der Waals surface area contributed by atoms with Gasteiger partial charge in [-0.1, -0.05) is 12.1 Å². The zero-order valence-electron chi connectivity index (χ0n) is 19.2. The Morgan fingerprint density at radius 3 is 2.47 bits per heavy atom. The molecular formula is C25H33N3O4. The van der Waals surface area contributed by atoms with Gasteiger partial charge in [-0.15, -0.1) is 0 Å². The van der Waals surface area contributed by atoms with Gasteiger partial charge in [-0.3, -0.25) is 9.69 Å². The summed E-state index contributed by atoms with van der Waals surface area (Å²) in [4.78, 5) is 17.7. The van der Waals surface area contributed by atoms with Gasteiger partial charge in [0.15, 0.2) is 0 Å². The lowest BCUT2D eigenvalue weighted by Gasteiger charge is -2.36. The molecule has 2 aliphatic heterocycles. The predicted molar refractivity (Wildman–Crippen MR) is 125 cm³/mol. The minimum absolute atomic E-state index is 0.0906. The fourth-order valence-electron chi connectivity index (χ4n) is 4.59. The summed E-state index contributed by atoms with van der Waals surface area (Å²) in [6, 6.07) is 12.1. The average Bonchev–Trinajstić information content (AvgIpc) is 2.84. The summed E-state index contributed by atoms with van der Waals surface area (Å²) in [5, 5.41) is 3.14. The monoisotopic (exact) mass is 439 g/mol. The highest BCUT2D eigenvalue weighted by molar-refractivity contribution is 5.95. The van der Waals surface area contributed by atoms with Crippen LogP contribution in [0.4, 0.5) is 5.69 Å². The van der Waals surface area contributed by atoms with E-state index in [0.717, 1.165) is 26.1 Å². The number of hydrogen-bond donors (Lipinski definition) is 1. The van der Waals surface area contributed by atoms with E-state index >= 15 is 0 Å². The number of morpholine rings is 1. The van der Waals surface area contributed by atoms with Gasteiger partial charge in [-0.2, -0.15) is 0 Å². The molecule has 1 fully saturated rings. The van der Waals surface area contributed by atoms with Crippen LogP contribution in [-0.2, 0) is 11.2 Å². The van der Waals surface area contributed by atoms with Crippen molar-refractivity contribution >= 4 is 11.6 Å². The molecule has 7 nitrogen and oxygen atoms in total. The number of nitrogens with zero attached hydrogens (tertiary/aromatic N) is 2. The van der Waals surface area contributed by atoms with E-state index in [-0.39, 0.29) is 11.9 Å². The van der Waals surface area contributed by atoms with Crippen molar-refractivity contribution in [3.63, 3.8) is 0 Å². The van der Waals surface area contributed by atoms with Crippen LogP contribution in [0.5, 0.6) is 11.5 Å². The molecule has 32 heavy (non-hydrogen) atoms. The standard InChI is InChI=1S/C25H33N3O4/c1-27-8-4-5-18-13-19(6-7-23(18)27)24(28-9-11-32-12-10-28)17-26-25(29)20-14-21(30-2)16-22(15-20)31-3/h6-7,13-16,24H,4-5,8-12,17H2,1-3H3,(H,26,29)/t24-/m0/s1. The Morgan fingerprint density at radius 2 is 1.78 bits per heavy atom. The molecule has 1 N–H and O–H groups in total. The zero-order chi connectivity index (χ0) is 22.5. The number of benzene rings is 2. The summed E-state index contributed by atoms with van der Waals surface area (Å²) in [7, 11) is 5.32. The minimum atomic E-state index is -0.141. The molecule has 1 amide bonds. The second-order valence-corrected chi connectivity index (χ2v) is 8.39. The third-order valence-corrected chi connectivity index (χ3v) is 6.40. The van der Waals surface area contributed by atoms with E-state index in [1.807, 2.05) is 0 Å². The molecule has 4 rings (SSSR count). The maximum absolute atomic E-state index is 13.0. The Morgan fingerprint density at radius 1 is 1.06 bits per heavy atom. The number of aryl methyl sites for hydroxylation is 1. The summed E-state index contributed by atoms with van der Waals surface area (Å²) in [5.41, 5.74) is 4.46. The number of ether oxygens (including phenoxy) is 3. The summed E-state index contributed by atoms with van der Waals surface area (Å²) >= 11 is 0. The van der Waals surface area contributed by atoms with Crippen LogP contribution in [0, 0.1) is 0 Å². The Labute approximate surface area is 190 Å². The highest BCUT2D eigenvalue weighted by Gasteiger charge is 2.25. The molecule has 0 saturated carbocycles. The van der Waals surface area contributed by atoms with Crippen LogP contribution in [-0.4, -0.2) is 71.5 Å².